The molecule has 4 rings (SSSR count). The molecule has 5 nitrogen and oxygen atoms in total. The first kappa shape index (κ1) is 18.6. The summed E-state index contributed by atoms with van der Waals surface area (Å²) in [5.41, 5.74) is 1.65. The van der Waals surface area contributed by atoms with Gasteiger partial charge < -0.3 is 15.1 Å². The molecule has 0 radical (unpaired) electrons. The number of hydrogen-bond acceptors (Lipinski definition) is 3. The molecule has 1 saturated carbocycles. The standard InChI is InChI=1S/C21H16Cl2N2O3/c22-13-4-7-16(17(23)11-13)18-8-9-19(28-18)21(27)25-15-3-1-2-12(10-15)20(26)24-14-5-6-14/h1-4,7-11,14H,5-6H2,(H,24,26)(H,25,27). The van der Waals surface area contributed by atoms with Crippen molar-refractivity contribution < 1.29 is 14.0 Å². The zero-order chi connectivity index (χ0) is 19.7. The van der Waals surface area contributed by atoms with Gasteiger partial charge in [0.05, 0.1) is 5.02 Å². The second-order valence-electron chi connectivity index (χ2n) is 6.57. The van der Waals surface area contributed by atoms with Gasteiger partial charge in [0.15, 0.2) is 5.76 Å². The van der Waals surface area contributed by atoms with E-state index in [1.807, 2.05) is 0 Å². The summed E-state index contributed by atoms with van der Waals surface area (Å²) in [6, 6.07) is 15.3. The Morgan fingerprint density at radius 2 is 1.79 bits per heavy atom. The van der Waals surface area contributed by atoms with E-state index in [0.717, 1.165) is 12.8 Å². The van der Waals surface area contributed by atoms with Gasteiger partial charge in [-0.1, -0.05) is 29.3 Å². The normalized spacial score (nSPS) is 13.2. The van der Waals surface area contributed by atoms with Gasteiger partial charge in [-0.2, -0.15) is 0 Å². The van der Waals surface area contributed by atoms with Gasteiger partial charge in [0.25, 0.3) is 11.8 Å². The Kier molecular flexibility index (Phi) is 5.11. The van der Waals surface area contributed by atoms with Gasteiger partial charge >= 0.3 is 0 Å². The van der Waals surface area contributed by atoms with E-state index in [1.165, 1.54) is 0 Å². The Bertz CT molecular complexity index is 1060. The van der Waals surface area contributed by atoms with Crippen LogP contribution >= 0.6 is 23.2 Å². The lowest BCUT2D eigenvalue weighted by atomic mass is 10.2. The van der Waals surface area contributed by atoms with Crippen LogP contribution < -0.4 is 10.6 Å². The second-order valence-corrected chi connectivity index (χ2v) is 7.41. The highest BCUT2D eigenvalue weighted by Gasteiger charge is 2.24. The highest BCUT2D eigenvalue weighted by molar-refractivity contribution is 6.36. The molecule has 1 heterocycles. The number of halogens is 2. The molecule has 28 heavy (non-hydrogen) atoms. The summed E-state index contributed by atoms with van der Waals surface area (Å²) >= 11 is 12.1. The zero-order valence-corrected chi connectivity index (χ0v) is 16.2. The molecule has 2 N–H and O–H groups in total. The van der Waals surface area contributed by atoms with Crippen LogP contribution in [0.5, 0.6) is 0 Å². The van der Waals surface area contributed by atoms with Gasteiger partial charge in [0.2, 0.25) is 0 Å². The molecule has 3 aromatic rings. The third kappa shape index (κ3) is 4.21. The van der Waals surface area contributed by atoms with Gasteiger partial charge in [0, 0.05) is 27.9 Å². The van der Waals surface area contributed by atoms with Crippen molar-refractivity contribution in [3.8, 4) is 11.3 Å². The minimum atomic E-state index is -0.420. The van der Waals surface area contributed by atoms with Gasteiger partial charge in [-0.05, 0) is 61.4 Å². The Morgan fingerprint density at radius 1 is 0.964 bits per heavy atom. The maximum atomic E-state index is 12.5. The molecule has 7 heteroatoms. The molecule has 1 aliphatic rings. The molecule has 0 saturated heterocycles. The van der Waals surface area contributed by atoms with Crippen molar-refractivity contribution in [2.75, 3.05) is 5.32 Å². The average molecular weight is 415 g/mol. The van der Waals surface area contributed by atoms with E-state index in [-0.39, 0.29) is 17.7 Å². The largest absolute Gasteiger partial charge is 0.451 e. The highest BCUT2D eigenvalue weighted by Crippen LogP contribution is 2.31. The first-order valence-electron chi connectivity index (χ1n) is 8.77. The molecule has 0 spiro atoms. The number of amides is 2. The van der Waals surface area contributed by atoms with Crippen molar-refractivity contribution in [1.29, 1.82) is 0 Å². The van der Waals surface area contributed by atoms with Crippen LogP contribution in [0.25, 0.3) is 11.3 Å². The maximum absolute atomic E-state index is 12.5. The smallest absolute Gasteiger partial charge is 0.291 e. The molecule has 2 aromatic carbocycles. The molecular formula is C21H16Cl2N2O3. The fraction of sp³-hybridized carbons (Fsp3) is 0.143. The maximum Gasteiger partial charge on any atom is 0.291 e. The Balaban J connectivity index is 1.48. The summed E-state index contributed by atoms with van der Waals surface area (Å²) in [6.45, 7) is 0. The van der Waals surface area contributed by atoms with Crippen molar-refractivity contribution in [3.63, 3.8) is 0 Å². The number of rotatable bonds is 5. The van der Waals surface area contributed by atoms with Crippen LogP contribution in [-0.4, -0.2) is 17.9 Å². The molecule has 0 bridgehead atoms. The Morgan fingerprint density at radius 3 is 2.54 bits per heavy atom. The molecule has 2 amide bonds. The molecule has 142 valence electrons. The summed E-state index contributed by atoms with van der Waals surface area (Å²) in [5.74, 6) is 0.0329. The average Bonchev–Trinajstić information content (AvgIpc) is 3.34. The van der Waals surface area contributed by atoms with Crippen molar-refractivity contribution in [3.05, 3.63) is 76.0 Å². The van der Waals surface area contributed by atoms with Gasteiger partial charge in [-0.3, -0.25) is 9.59 Å². The van der Waals surface area contributed by atoms with Gasteiger partial charge in [-0.15, -0.1) is 0 Å². The third-order valence-corrected chi connectivity index (χ3v) is 4.87. The molecular weight excluding hydrogens is 399 g/mol. The highest BCUT2D eigenvalue weighted by atomic mass is 35.5. The van der Waals surface area contributed by atoms with Crippen LogP contribution in [-0.2, 0) is 0 Å². The lowest BCUT2D eigenvalue weighted by Gasteiger charge is -2.07. The van der Waals surface area contributed by atoms with E-state index in [0.29, 0.717) is 32.6 Å². The van der Waals surface area contributed by atoms with E-state index in [2.05, 4.69) is 10.6 Å². The number of anilines is 1. The van der Waals surface area contributed by atoms with Gasteiger partial charge in [0.1, 0.15) is 5.76 Å². The van der Waals surface area contributed by atoms with Crippen molar-refractivity contribution in [2.45, 2.75) is 18.9 Å². The van der Waals surface area contributed by atoms with Crippen molar-refractivity contribution in [2.24, 2.45) is 0 Å². The van der Waals surface area contributed by atoms with Crippen LogP contribution in [0.4, 0.5) is 5.69 Å². The molecule has 1 fully saturated rings. The predicted octanol–water partition coefficient (Wildman–Crippen LogP) is 5.40. The first-order chi connectivity index (χ1) is 13.5. The van der Waals surface area contributed by atoms with E-state index < -0.39 is 5.91 Å². The number of furan rings is 1. The summed E-state index contributed by atoms with van der Waals surface area (Å²) in [7, 11) is 0. The van der Waals surface area contributed by atoms with Crippen molar-refractivity contribution >= 4 is 40.7 Å². The third-order valence-electron chi connectivity index (χ3n) is 4.32. The van der Waals surface area contributed by atoms with Gasteiger partial charge in [-0.25, -0.2) is 0 Å². The van der Waals surface area contributed by atoms with E-state index in [1.54, 1.807) is 54.6 Å². The van der Waals surface area contributed by atoms with E-state index in [9.17, 15) is 9.59 Å². The van der Waals surface area contributed by atoms with Crippen LogP contribution in [0, 0.1) is 0 Å². The molecule has 1 aromatic heterocycles. The van der Waals surface area contributed by atoms with E-state index in [4.69, 9.17) is 27.6 Å². The lowest BCUT2D eigenvalue weighted by molar-refractivity contribution is 0.0949. The Labute approximate surface area is 171 Å². The summed E-state index contributed by atoms with van der Waals surface area (Å²) in [4.78, 5) is 24.7. The van der Waals surface area contributed by atoms with Crippen LogP contribution in [0.1, 0.15) is 33.8 Å². The number of carbonyl (C=O) groups is 2. The first-order valence-corrected chi connectivity index (χ1v) is 9.53. The topological polar surface area (TPSA) is 71.3 Å². The van der Waals surface area contributed by atoms with Crippen LogP contribution in [0.2, 0.25) is 10.0 Å². The van der Waals surface area contributed by atoms with E-state index >= 15 is 0 Å². The molecule has 0 aliphatic heterocycles. The fourth-order valence-electron chi connectivity index (χ4n) is 2.72. The predicted molar refractivity (Wildman–Crippen MR) is 109 cm³/mol. The molecule has 0 unspecified atom stereocenters. The van der Waals surface area contributed by atoms with Crippen molar-refractivity contribution in [1.82, 2.24) is 5.32 Å². The molecule has 1 aliphatic carbocycles. The van der Waals surface area contributed by atoms with Crippen LogP contribution in [0.15, 0.2) is 59.0 Å². The fourth-order valence-corrected chi connectivity index (χ4v) is 3.22. The minimum Gasteiger partial charge on any atom is -0.451 e. The quantitative estimate of drug-likeness (QED) is 0.586. The lowest BCUT2D eigenvalue weighted by Crippen LogP contribution is -2.25. The second kappa shape index (κ2) is 7.70. The zero-order valence-electron chi connectivity index (χ0n) is 14.7. The van der Waals surface area contributed by atoms with Crippen LogP contribution in [0.3, 0.4) is 0 Å². The SMILES string of the molecule is O=C(NC1CC1)c1cccc(NC(=O)c2ccc(-c3ccc(Cl)cc3Cl)o2)c1. The number of hydrogen-bond donors (Lipinski definition) is 2. The minimum absolute atomic E-state index is 0.133. The summed E-state index contributed by atoms with van der Waals surface area (Å²) in [5, 5.41) is 6.62. The number of benzene rings is 2. The number of carbonyl (C=O) groups excluding carboxylic acids is 2. The summed E-state index contributed by atoms with van der Waals surface area (Å²) < 4.78 is 5.64. The summed E-state index contributed by atoms with van der Waals surface area (Å²) in [6.07, 6.45) is 2.03. The Hall–Kier alpha value is -2.76. The monoisotopic (exact) mass is 414 g/mol. The number of nitrogens with one attached hydrogen (secondary N) is 2. The molecule has 0 atom stereocenters.